The van der Waals surface area contributed by atoms with E-state index < -0.39 is 11.0 Å². The van der Waals surface area contributed by atoms with E-state index in [-0.39, 0.29) is 0 Å². The second kappa shape index (κ2) is 5.74. The highest BCUT2D eigenvalue weighted by atomic mass is 32.2. The number of hydrogen-bond donors (Lipinski definition) is 2. The van der Waals surface area contributed by atoms with Crippen LogP contribution in [0.5, 0.6) is 0 Å². The monoisotopic (exact) mass is 214 g/mol. The predicted molar refractivity (Wildman–Crippen MR) is 58.0 cm³/mol. The van der Waals surface area contributed by atoms with Crippen LogP contribution in [-0.4, -0.2) is 18.4 Å². The third-order valence-electron chi connectivity index (χ3n) is 1.67. The number of rotatable bonds is 5. The average Bonchev–Trinajstić information content (AvgIpc) is 2.19. The van der Waals surface area contributed by atoms with Gasteiger partial charge >= 0.3 is 0 Å². The zero-order valence-electron chi connectivity index (χ0n) is 8.24. The molecule has 0 fully saturated rings. The van der Waals surface area contributed by atoms with E-state index in [2.05, 4.69) is 10.2 Å². The summed E-state index contributed by atoms with van der Waals surface area (Å²) in [6.07, 6.45) is 0. The Morgan fingerprint density at radius 1 is 1.50 bits per heavy atom. The Morgan fingerprint density at radius 3 is 2.93 bits per heavy atom. The standard InChI is InChI=1S/C9H14N2O2S/c1-10-14(12)7-8-4-3-5-9(6-8)11-13-2/h3-6,10-11H,7H2,1-2H3. The summed E-state index contributed by atoms with van der Waals surface area (Å²) in [5.41, 5.74) is 4.58. The van der Waals surface area contributed by atoms with Gasteiger partial charge in [0.1, 0.15) is 0 Å². The van der Waals surface area contributed by atoms with E-state index in [1.165, 1.54) is 0 Å². The Balaban J connectivity index is 2.68. The van der Waals surface area contributed by atoms with Crippen LogP contribution in [0.2, 0.25) is 0 Å². The van der Waals surface area contributed by atoms with E-state index >= 15 is 0 Å². The van der Waals surface area contributed by atoms with Crippen LogP contribution in [0.15, 0.2) is 24.3 Å². The fraction of sp³-hybridized carbons (Fsp3) is 0.333. The van der Waals surface area contributed by atoms with Crippen LogP contribution in [0.4, 0.5) is 5.69 Å². The van der Waals surface area contributed by atoms with Crippen molar-refractivity contribution in [3.05, 3.63) is 29.8 Å². The van der Waals surface area contributed by atoms with Crippen molar-refractivity contribution in [3.63, 3.8) is 0 Å². The third kappa shape index (κ3) is 3.45. The predicted octanol–water partition coefficient (Wildman–Crippen LogP) is 1.04. The van der Waals surface area contributed by atoms with Crippen molar-refractivity contribution in [1.82, 2.24) is 4.72 Å². The molecule has 4 nitrogen and oxygen atoms in total. The first-order valence-electron chi connectivity index (χ1n) is 4.20. The molecular formula is C9H14N2O2S. The van der Waals surface area contributed by atoms with E-state index in [0.717, 1.165) is 11.3 Å². The first-order valence-corrected chi connectivity index (χ1v) is 5.52. The van der Waals surface area contributed by atoms with Crippen molar-refractivity contribution < 1.29 is 9.05 Å². The molecule has 0 amide bonds. The number of anilines is 1. The Labute approximate surface area is 86.2 Å². The molecule has 5 heteroatoms. The summed E-state index contributed by atoms with van der Waals surface area (Å²) in [4.78, 5) is 4.77. The molecular weight excluding hydrogens is 200 g/mol. The molecule has 78 valence electrons. The third-order valence-corrected chi connectivity index (χ3v) is 2.72. The molecule has 1 aromatic rings. The maximum absolute atomic E-state index is 11.2. The first-order chi connectivity index (χ1) is 6.76. The molecule has 0 aliphatic heterocycles. The van der Waals surface area contributed by atoms with Crippen molar-refractivity contribution >= 4 is 16.7 Å². The van der Waals surface area contributed by atoms with Gasteiger partial charge in [0.25, 0.3) is 0 Å². The lowest BCUT2D eigenvalue weighted by Gasteiger charge is -2.05. The van der Waals surface area contributed by atoms with Crippen LogP contribution in [0.25, 0.3) is 0 Å². The lowest BCUT2D eigenvalue weighted by molar-refractivity contribution is 0.271. The van der Waals surface area contributed by atoms with Crippen molar-refractivity contribution in [2.75, 3.05) is 19.6 Å². The summed E-state index contributed by atoms with van der Waals surface area (Å²) >= 11 is 0. The Morgan fingerprint density at radius 2 is 2.29 bits per heavy atom. The molecule has 0 radical (unpaired) electrons. The maximum Gasteiger partial charge on any atom is 0.0957 e. The minimum Gasteiger partial charge on any atom is -0.279 e. The van der Waals surface area contributed by atoms with Crippen LogP contribution in [0.1, 0.15) is 5.56 Å². The lowest BCUT2D eigenvalue weighted by Crippen LogP contribution is -2.12. The Kier molecular flexibility index (Phi) is 4.58. The summed E-state index contributed by atoms with van der Waals surface area (Å²) in [5, 5.41) is 0. The smallest absolute Gasteiger partial charge is 0.0957 e. The fourth-order valence-corrected chi connectivity index (χ4v) is 1.69. The van der Waals surface area contributed by atoms with Gasteiger partial charge in [0.15, 0.2) is 0 Å². The SMILES string of the molecule is CNS(=O)Cc1cccc(NOC)c1. The summed E-state index contributed by atoms with van der Waals surface area (Å²) in [7, 11) is 2.22. The quantitative estimate of drug-likeness (QED) is 0.720. The second-order valence-electron chi connectivity index (χ2n) is 2.70. The van der Waals surface area contributed by atoms with Gasteiger partial charge < -0.3 is 0 Å². The van der Waals surface area contributed by atoms with Crippen molar-refractivity contribution in [2.45, 2.75) is 5.75 Å². The summed E-state index contributed by atoms with van der Waals surface area (Å²) in [6, 6.07) is 7.60. The molecule has 0 heterocycles. The molecule has 1 rings (SSSR count). The van der Waals surface area contributed by atoms with E-state index in [9.17, 15) is 4.21 Å². The maximum atomic E-state index is 11.2. The highest BCUT2D eigenvalue weighted by Crippen LogP contribution is 2.11. The van der Waals surface area contributed by atoms with E-state index in [4.69, 9.17) is 4.84 Å². The van der Waals surface area contributed by atoms with Gasteiger partial charge in [-0.05, 0) is 24.7 Å². The zero-order valence-corrected chi connectivity index (χ0v) is 9.06. The molecule has 0 aromatic heterocycles. The fourth-order valence-electron chi connectivity index (χ4n) is 1.07. The zero-order chi connectivity index (χ0) is 10.4. The van der Waals surface area contributed by atoms with Gasteiger partial charge in [-0.3, -0.25) is 10.3 Å². The van der Waals surface area contributed by atoms with Gasteiger partial charge in [0.05, 0.1) is 29.5 Å². The van der Waals surface area contributed by atoms with Crippen LogP contribution < -0.4 is 10.2 Å². The van der Waals surface area contributed by atoms with Gasteiger partial charge in [-0.15, -0.1) is 0 Å². The summed E-state index contributed by atoms with van der Waals surface area (Å²) < 4.78 is 13.9. The van der Waals surface area contributed by atoms with Crippen molar-refractivity contribution in [1.29, 1.82) is 0 Å². The molecule has 0 spiro atoms. The molecule has 0 bridgehead atoms. The highest BCUT2D eigenvalue weighted by Gasteiger charge is 1.99. The van der Waals surface area contributed by atoms with E-state index in [0.29, 0.717) is 5.75 Å². The second-order valence-corrected chi connectivity index (χ2v) is 4.09. The minimum absolute atomic E-state index is 0.496. The molecule has 0 saturated heterocycles. The van der Waals surface area contributed by atoms with Gasteiger partial charge in [-0.2, -0.15) is 0 Å². The van der Waals surface area contributed by atoms with Crippen LogP contribution >= 0.6 is 0 Å². The number of nitrogens with one attached hydrogen (secondary N) is 2. The Bertz CT molecular complexity index is 317. The lowest BCUT2D eigenvalue weighted by atomic mass is 10.2. The van der Waals surface area contributed by atoms with Gasteiger partial charge in [-0.25, -0.2) is 8.93 Å². The average molecular weight is 214 g/mol. The van der Waals surface area contributed by atoms with Gasteiger partial charge in [-0.1, -0.05) is 12.1 Å². The van der Waals surface area contributed by atoms with E-state index in [1.807, 2.05) is 24.3 Å². The Hall–Kier alpha value is -0.910. The highest BCUT2D eigenvalue weighted by molar-refractivity contribution is 7.82. The van der Waals surface area contributed by atoms with Crippen molar-refractivity contribution in [3.8, 4) is 0 Å². The van der Waals surface area contributed by atoms with Crippen LogP contribution in [-0.2, 0) is 21.6 Å². The van der Waals surface area contributed by atoms with Gasteiger partial charge in [0.2, 0.25) is 0 Å². The topological polar surface area (TPSA) is 50.4 Å². The molecule has 2 N–H and O–H groups in total. The molecule has 14 heavy (non-hydrogen) atoms. The number of benzene rings is 1. The molecule has 0 saturated carbocycles. The summed E-state index contributed by atoms with van der Waals surface area (Å²) in [5.74, 6) is 0.496. The molecule has 1 unspecified atom stereocenters. The molecule has 1 aromatic carbocycles. The van der Waals surface area contributed by atoms with Crippen molar-refractivity contribution in [2.24, 2.45) is 0 Å². The minimum atomic E-state index is -1.01. The molecule has 1 atom stereocenters. The summed E-state index contributed by atoms with van der Waals surface area (Å²) in [6.45, 7) is 0. The normalized spacial score (nSPS) is 12.4. The van der Waals surface area contributed by atoms with Gasteiger partial charge in [0, 0.05) is 0 Å². The molecule has 0 aliphatic rings. The van der Waals surface area contributed by atoms with Crippen LogP contribution in [0, 0.1) is 0 Å². The molecule has 0 aliphatic carbocycles. The largest absolute Gasteiger partial charge is 0.279 e. The van der Waals surface area contributed by atoms with Crippen LogP contribution in [0.3, 0.4) is 0 Å². The number of hydrogen-bond acceptors (Lipinski definition) is 3. The first kappa shape index (κ1) is 11.2. The van der Waals surface area contributed by atoms with E-state index in [1.54, 1.807) is 14.2 Å².